The molecule has 0 bridgehead atoms. The minimum atomic E-state index is -3.54. The number of sulfonamides is 1. The lowest BCUT2D eigenvalue weighted by molar-refractivity contribution is 0.255. The molecule has 1 fully saturated rings. The van der Waals surface area contributed by atoms with Crippen molar-refractivity contribution in [3.63, 3.8) is 0 Å². The van der Waals surface area contributed by atoms with Gasteiger partial charge in [0.1, 0.15) is 5.82 Å². The van der Waals surface area contributed by atoms with E-state index in [2.05, 4.69) is 4.98 Å². The number of imidazole rings is 1. The van der Waals surface area contributed by atoms with Gasteiger partial charge in [-0.15, -0.1) is 0 Å². The highest BCUT2D eigenvalue weighted by atomic mass is 32.2. The molecule has 0 radical (unpaired) electrons. The van der Waals surface area contributed by atoms with Crippen LogP contribution in [-0.4, -0.2) is 35.4 Å². The summed E-state index contributed by atoms with van der Waals surface area (Å²) in [5.74, 6) is 0.0584. The molecule has 1 aliphatic rings. The molecule has 0 aliphatic carbocycles. The van der Waals surface area contributed by atoms with Gasteiger partial charge in [-0.2, -0.15) is 4.31 Å². The lowest BCUT2D eigenvalue weighted by atomic mass is 9.92. The van der Waals surface area contributed by atoms with E-state index in [0.717, 1.165) is 19.3 Å². The van der Waals surface area contributed by atoms with E-state index < -0.39 is 10.0 Å². The number of benzene rings is 1. The lowest BCUT2D eigenvalue weighted by Crippen LogP contribution is -2.40. The first kappa shape index (κ1) is 17.1. The zero-order chi connectivity index (χ0) is 17.2. The van der Waals surface area contributed by atoms with Gasteiger partial charge in [0.2, 0.25) is 0 Å². The summed E-state index contributed by atoms with van der Waals surface area (Å²) in [5, 5.41) is 0.0970. The monoisotopic (exact) mass is 351 g/mol. The first-order valence-corrected chi connectivity index (χ1v) is 9.62. The van der Waals surface area contributed by atoms with Crippen LogP contribution in [0.4, 0.5) is 4.39 Å². The molecular formula is C17H22FN3O2S. The summed E-state index contributed by atoms with van der Waals surface area (Å²) in [7, 11) is -1.79. The molecule has 1 unspecified atom stereocenters. The fraction of sp³-hybridized carbons (Fsp3) is 0.471. The van der Waals surface area contributed by atoms with Crippen LogP contribution in [0.15, 0.2) is 41.8 Å². The number of aromatic nitrogens is 2. The first-order valence-electron chi connectivity index (χ1n) is 8.18. The zero-order valence-electron chi connectivity index (χ0n) is 13.7. The van der Waals surface area contributed by atoms with Gasteiger partial charge in [0.25, 0.3) is 10.0 Å². The topological polar surface area (TPSA) is 55.2 Å². The van der Waals surface area contributed by atoms with Crippen molar-refractivity contribution in [3.05, 3.63) is 48.2 Å². The Kier molecular flexibility index (Phi) is 5.01. The summed E-state index contributed by atoms with van der Waals surface area (Å²) >= 11 is 0. The minimum Gasteiger partial charge on any atom is -0.339 e. The predicted molar refractivity (Wildman–Crippen MR) is 89.4 cm³/mol. The Labute approximate surface area is 142 Å². The van der Waals surface area contributed by atoms with Crippen LogP contribution < -0.4 is 0 Å². The van der Waals surface area contributed by atoms with Crippen LogP contribution in [0, 0.1) is 11.7 Å². The van der Waals surface area contributed by atoms with E-state index in [9.17, 15) is 12.8 Å². The Morgan fingerprint density at radius 1 is 1.33 bits per heavy atom. The highest BCUT2D eigenvalue weighted by Crippen LogP contribution is 2.26. The normalized spacial score (nSPS) is 19.5. The summed E-state index contributed by atoms with van der Waals surface area (Å²) in [6, 6.07) is 6.77. The van der Waals surface area contributed by atoms with Crippen LogP contribution in [0.1, 0.15) is 24.8 Å². The Bertz CT molecular complexity index is 804. The number of hydrogen-bond donors (Lipinski definition) is 0. The number of rotatable bonds is 5. The molecule has 3 rings (SSSR count). The zero-order valence-corrected chi connectivity index (χ0v) is 14.5. The number of nitrogens with zero attached hydrogens (tertiary/aromatic N) is 3. The highest BCUT2D eigenvalue weighted by molar-refractivity contribution is 7.89. The average Bonchev–Trinajstić information content (AvgIpc) is 3.02. The van der Waals surface area contributed by atoms with Crippen LogP contribution in [0.3, 0.4) is 0 Å². The smallest absolute Gasteiger partial charge is 0.262 e. The van der Waals surface area contributed by atoms with Gasteiger partial charge in [-0.05, 0) is 43.2 Å². The van der Waals surface area contributed by atoms with Crippen molar-refractivity contribution in [1.82, 2.24) is 13.9 Å². The average molecular weight is 351 g/mol. The van der Waals surface area contributed by atoms with Crippen molar-refractivity contribution in [3.8, 4) is 0 Å². The summed E-state index contributed by atoms with van der Waals surface area (Å²) in [4.78, 5) is 3.98. The fourth-order valence-corrected chi connectivity index (χ4v) is 4.72. The molecule has 24 heavy (non-hydrogen) atoms. The number of halogens is 1. The molecule has 0 N–H and O–H groups in total. The highest BCUT2D eigenvalue weighted by Gasteiger charge is 2.31. The van der Waals surface area contributed by atoms with Crippen LogP contribution in [-0.2, 0) is 23.5 Å². The van der Waals surface area contributed by atoms with Gasteiger partial charge in [-0.25, -0.2) is 17.8 Å². The molecule has 0 spiro atoms. The van der Waals surface area contributed by atoms with E-state index in [0.29, 0.717) is 25.1 Å². The van der Waals surface area contributed by atoms with Crippen molar-refractivity contribution in [2.24, 2.45) is 13.0 Å². The predicted octanol–water partition coefficient (Wildman–Crippen LogP) is 2.59. The van der Waals surface area contributed by atoms with Crippen molar-refractivity contribution >= 4 is 10.0 Å². The number of aryl methyl sites for hydroxylation is 2. The molecule has 5 nitrogen and oxygen atoms in total. The minimum absolute atomic E-state index is 0.0970. The number of hydrogen-bond acceptors (Lipinski definition) is 3. The third-order valence-electron chi connectivity index (χ3n) is 4.55. The Morgan fingerprint density at radius 3 is 2.83 bits per heavy atom. The summed E-state index contributed by atoms with van der Waals surface area (Å²) in [6.07, 6.45) is 6.24. The maximum atomic E-state index is 13.7. The second-order valence-electron chi connectivity index (χ2n) is 6.38. The number of piperidine rings is 1. The van der Waals surface area contributed by atoms with E-state index in [4.69, 9.17) is 0 Å². The Morgan fingerprint density at radius 2 is 2.12 bits per heavy atom. The molecule has 0 amide bonds. The second-order valence-corrected chi connectivity index (χ2v) is 8.26. The van der Waals surface area contributed by atoms with E-state index in [1.165, 1.54) is 22.9 Å². The van der Waals surface area contributed by atoms with Crippen LogP contribution in [0.5, 0.6) is 0 Å². The molecule has 0 saturated carbocycles. The van der Waals surface area contributed by atoms with E-state index in [1.54, 1.807) is 23.7 Å². The SMILES string of the molecule is Cn1cnc(S(=O)(=O)N2CCCC(CCc3ccccc3F)C2)c1. The van der Waals surface area contributed by atoms with E-state index in [-0.39, 0.29) is 16.8 Å². The van der Waals surface area contributed by atoms with Gasteiger partial charge in [-0.1, -0.05) is 18.2 Å². The first-order chi connectivity index (χ1) is 11.5. The molecule has 2 heterocycles. The Hall–Kier alpha value is -1.73. The van der Waals surface area contributed by atoms with Crippen LogP contribution >= 0.6 is 0 Å². The third kappa shape index (κ3) is 3.67. The molecule has 2 aromatic rings. The van der Waals surface area contributed by atoms with Gasteiger partial charge >= 0.3 is 0 Å². The van der Waals surface area contributed by atoms with Crippen molar-refractivity contribution < 1.29 is 12.8 Å². The molecule has 1 aliphatic heterocycles. The second kappa shape index (κ2) is 7.03. The van der Waals surface area contributed by atoms with E-state index >= 15 is 0 Å². The largest absolute Gasteiger partial charge is 0.339 e. The van der Waals surface area contributed by atoms with Gasteiger partial charge in [0, 0.05) is 26.3 Å². The molecule has 1 saturated heterocycles. The van der Waals surface area contributed by atoms with Crippen molar-refractivity contribution in [2.75, 3.05) is 13.1 Å². The summed E-state index contributed by atoms with van der Waals surface area (Å²) in [6.45, 7) is 1.00. The summed E-state index contributed by atoms with van der Waals surface area (Å²) in [5.41, 5.74) is 0.696. The maximum absolute atomic E-state index is 13.7. The molecule has 130 valence electrons. The molecule has 1 atom stereocenters. The fourth-order valence-electron chi connectivity index (χ4n) is 3.20. The standard InChI is InChI=1S/C17H22FN3O2S/c1-20-12-17(19-13-20)24(22,23)21-10-4-5-14(11-21)8-9-15-6-2-3-7-16(15)18/h2-3,6-7,12-14H,4-5,8-11H2,1H3. The van der Waals surface area contributed by atoms with Crippen molar-refractivity contribution in [2.45, 2.75) is 30.7 Å². The van der Waals surface area contributed by atoms with Gasteiger partial charge in [0.15, 0.2) is 5.03 Å². The quantitative estimate of drug-likeness (QED) is 0.832. The third-order valence-corrected chi connectivity index (χ3v) is 6.30. The molecule has 1 aromatic heterocycles. The van der Waals surface area contributed by atoms with E-state index in [1.807, 2.05) is 6.07 Å². The van der Waals surface area contributed by atoms with Crippen LogP contribution in [0.2, 0.25) is 0 Å². The lowest BCUT2D eigenvalue weighted by Gasteiger charge is -2.31. The van der Waals surface area contributed by atoms with Gasteiger partial charge in [0.05, 0.1) is 6.33 Å². The van der Waals surface area contributed by atoms with Crippen LogP contribution in [0.25, 0.3) is 0 Å². The molecule has 1 aromatic carbocycles. The van der Waals surface area contributed by atoms with Gasteiger partial charge in [-0.3, -0.25) is 0 Å². The van der Waals surface area contributed by atoms with Gasteiger partial charge < -0.3 is 4.57 Å². The van der Waals surface area contributed by atoms with Crippen molar-refractivity contribution in [1.29, 1.82) is 0 Å². The molecular weight excluding hydrogens is 329 g/mol. The maximum Gasteiger partial charge on any atom is 0.262 e. The summed E-state index contributed by atoms with van der Waals surface area (Å²) < 4.78 is 42.2. The Balaban J connectivity index is 1.65. The molecule has 7 heteroatoms.